The standard InChI is InChI=1S/C13H16ClN3O2/c1-2-6-17-13(18)12(11(14)9-16-17)15-8-10-5-3-4-7-19-10/h1,9-10,15H,3-8H2. The van der Waals surface area contributed by atoms with Gasteiger partial charge in [-0.2, -0.15) is 5.10 Å². The van der Waals surface area contributed by atoms with Crippen molar-refractivity contribution in [3.63, 3.8) is 0 Å². The van der Waals surface area contributed by atoms with E-state index in [1.54, 1.807) is 0 Å². The predicted molar refractivity (Wildman–Crippen MR) is 74.4 cm³/mol. The fourth-order valence-corrected chi connectivity index (χ4v) is 2.20. The highest BCUT2D eigenvalue weighted by atomic mass is 35.5. The van der Waals surface area contributed by atoms with Gasteiger partial charge in [0.1, 0.15) is 12.2 Å². The van der Waals surface area contributed by atoms with Crippen molar-refractivity contribution in [3.05, 3.63) is 21.6 Å². The molecule has 1 fully saturated rings. The first kappa shape index (κ1) is 13.9. The minimum absolute atomic E-state index is 0.124. The van der Waals surface area contributed by atoms with E-state index in [1.807, 2.05) is 0 Å². The molecule has 0 amide bonds. The molecule has 6 heteroatoms. The highest BCUT2D eigenvalue weighted by molar-refractivity contribution is 6.32. The summed E-state index contributed by atoms with van der Waals surface area (Å²) in [6.45, 7) is 1.47. The third kappa shape index (κ3) is 3.49. The fourth-order valence-electron chi connectivity index (χ4n) is 2.01. The topological polar surface area (TPSA) is 56.1 Å². The number of ether oxygens (including phenoxy) is 1. The largest absolute Gasteiger partial charge is 0.377 e. The molecule has 2 rings (SSSR count). The lowest BCUT2D eigenvalue weighted by Gasteiger charge is -2.23. The molecule has 1 unspecified atom stereocenters. The quantitative estimate of drug-likeness (QED) is 0.850. The number of hydrogen-bond donors (Lipinski definition) is 1. The maximum Gasteiger partial charge on any atom is 0.292 e. The lowest BCUT2D eigenvalue weighted by Crippen LogP contribution is -2.31. The molecule has 1 aromatic heterocycles. The maximum absolute atomic E-state index is 12.1. The molecule has 102 valence electrons. The van der Waals surface area contributed by atoms with Crippen LogP contribution in [-0.2, 0) is 11.3 Å². The molecule has 1 saturated heterocycles. The summed E-state index contributed by atoms with van der Waals surface area (Å²) in [5, 5.41) is 7.23. The van der Waals surface area contributed by atoms with E-state index in [0.29, 0.717) is 17.3 Å². The third-order valence-corrected chi connectivity index (χ3v) is 3.31. The van der Waals surface area contributed by atoms with Gasteiger partial charge in [0, 0.05) is 13.2 Å². The van der Waals surface area contributed by atoms with Gasteiger partial charge >= 0.3 is 0 Å². The Hall–Kier alpha value is -1.51. The van der Waals surface area contributed by atoms with Gasteiger partial charge in [-0.15, -0.1) is 6.42 Å². The maximum atomic E-state index is 12.1. The van der Waals surface area contributed by atoms with Crippen LogP contribution in [0.3, 0.4) is 0 Å². The van der Waals surface area contributed by atoms with Crippen LogP contribution in [0.25, 0.3) is 0 Å². The van der Waals surface area contributed by atoms with Gasteiger partial charge < -0.3 is 10.1 Å². The average molecular weight is 282 g/mol. The van der Waals surface area contributed by atoms with Crippen molar-refractivity contribution >= 4 is 17.3 Å². The summed E-state index contributed by atoms with van der Waals surface area (Å²) in [5.41, 5.74) is 0.0300. The number of terminal acetylenes is 1. The molecule has 0 bridgehead atoms. The molecule has 1 N–H and O–H groups in total. The van der Waals surface area contributed by atoms with E-state index in [2.05, 4.69) is 16.3 Å². The molecule has 19 heavy (non-hydrogen) atoms. The van der Waals surface area contributed by atoms with Crippen LogP contribution in [-0.4, -0.2) is 29.0 Å². The molecule has 2 heterocycles. The lowest BCUT2D eigenvalue weighted by atomic mass is 10.1. The van der Waals surface area contributed by atoms with Gasteiger partial charge in [-0.25, -0.2) is 4.68 Å². The number of nitrogens with one attached hydrogen (secondary N) is 1. The molecular formula is C13H16ClN3O2. The van der Waals surface area contributed by atoms with E-state index < -0.39 is 0 Å². The molecular weight excluding hydrogens is 266 g/mol. The lowest BCUT2D eigenvalue weighted by molar-refractivity contribution is 0.0247. The zero-order valence-corrected chi connectivity index (χ0v) is 11.3. The van der Waals surface area contributed by atoms with Gasteiger partial charge in [0.15, 0.2) is 0 Å². The van der Waals surface area contributed by atoms with Gasteiger partial charge in [0.05, 0.1) is 17.3 Å². The van der Waals surface area contributed by atoms with E-state index in [-0.39, 0.29) is 18.2 Å². The van der Waals surface area contributed by atoms with E-state index in [4.69, 9.17) is 22.8 Å². The number of anilines is 1. The third-order valence-electron chi connectivity index (χ3n) is 3.02. The van der Waals surface area contributed by atoms with Crippen LogP contribution < -0.4 is 10.9 Å². The molecule has 1 aliphatic heterocycles. The van der Waals surface area contributed by atoms with Crippen LogP contribution in [0.2, 0.25) is 5.02 Å². The van der Waals surface area contributed by atoms with Crippen LogP contribution in [0.15, 0.2) is 11.0 Å². The van der Waals surface area contributed by atoms with Crippen molar-refractivity contribution in [2.75, 3.05) is 18.5 Å². The van der Waals surface area contributed by atoms with Crippen LogP contribution in [0.1, 0.15) is 19.3 Å². The summed E-state index contributed by atoms with van der Waals surface area (Å²) in [6.07, 6.45) is 9.97. The van der Waals surface area contributed by atoms with Crippen LogP contribution >= 0.6 is 11.6 Å². The molecule has 1 aliphatic rings. The summed E-state index contributed by atoms with van der Waals surface area (Å²) >= 11 is 5.99. The van der Waals surface area contributed by atoms with Crippen molar-refractivity contribution in [2.24, 2.45) is 0 Å². The highest BCUT2D eigenvalue weighted by Crippen LogP contribution is 2.17. The van der Waals surface area contributed by atoms with Crippen molar-refractivity contribution < 1.29 is 4.74 Å². The molecule has 0 aromatic carbocycles. The van der Waals surface area contributed by atoms with Gasteiger partial charge in [-0.05, 0) is 19.3 Å². The minimum atomic E-state index is -0.304. The van der Waals surface area contributed by atoms with Crippen molar-refractivity contribution in [2.45, 2.75) is 31.9 Å². The Kier molecular flexibility index (Phi) is 4.83. The number of rotatable bonds is 4. The first-order chi connectivity index (χ1) is 9.22. The van der Waals surface area contributed by atoms with Crippen molar-refractivity contribution in [1.29, 1.82) is 0 Å². The number of nitrogens with zero attached hydrogens (tertiary/aromatic N) is 2. The summed E-state index contributed by atoms with van der Waals surface area (Å²) in [5.74, 6) is 2.38. The zero-order valence-electron chi connectivity index (χ0n) is 10.6. The molecule has 0 saturated carbocycles. The number of halogens is 1. The zero-order chi connectivity index (χ0) is 13.7. The number of hydrogen-bond acceptors (Lipinski definition) is 4. The summed E-state index contributed by atoms with van der Waals surface area (Å²) in [6, 6.07) is 0. The van der Waals surface area contributed by atoms with Gasteiger partial charge in [-0.3, -0.25) is 4.79 Å². The Balaban J connectivity index is 2.08. The second kappa shape index (κ2) is 6.60. The Morgan fingerprint density at radius 1 is 1.63 bits per heavy atom. The molecule has 1 atom stereocenters. The van der Waals surface area contributed by atoms with E-state index >= 15 is 0 Å². The Bertz CT molecular complexity index is 530. The van der Waals surface area contributed by atoms with Crippen LogP contribution in [0, 0.1) is 12.3 Å². The molecule has 0 radical (unpaired) electrons. The van der Waals surface area contributed by atoms with Crippen molar-refractivity contribution in [1.82, 2.24) is 9.78 Å². The second-order valence-electron chi connectivity index (χ2n) is 4.40. The van der Waals surface area contributed by atoms with E-state index in [1.165, 1.54) is 10.9 Å². The average Bonchev–Trinajstić information content (AvgIpc) is 2.43. The van der Waals surface area contributed by atoms with Crippen LogP contribution in [0.5, 0.6) is 0 Å². The Morgan fingerprint density at radius 3 is 3.16 bits per heavy atom. The second-order valence-corrected chi connectivity index (χ2v) is 4.81. The van der Waals surface area contributed by atoms with Gasteiger partial charge in [0.25, 0.3) is 5.56 Å². The molecule has 5 nitrogen and oxygen atoms in total. The molecule has 0 aliphatic carbocycles. The van der Waals surface area contributed by atoms with Gasteiger partial charge in [-0.1, -0.05) is 17.5 Å². The monoisotopic (exact) mass is 281 g/mol. The first-order valence-corrected chi connectivity index (χ1v) is 6.64. The Labute approximate surface area is 116 Å². The summed E-state index contributed by atoms with van der Waals surface area (Å²) in [4.78, 5) is 12.1. The summed E-state index contributed by atoms with van der Waals surface area (Å²) < 4.78 is 6.80. The Morgan fingerprint density at radius 2 is 2.47 bits per heavy atom. The SMILES string of the molecule is C#CCn1ncc(Cl)c(NCC2CCCCO2)c1=O. The highest BCUT2D eigenvalue weighted by Gasteiger charge is 2.16. The smallest absolute Gasteiger partial charge is 0.292 e. The molecule has 0 spiro atoms. The molecule has 1 aromatic rings. The predicted octanol–water partition coefficient (Wildman–Crippen LogP) is 1.51. The van der Waals surface area contributed by atoms with Gasteiger partial charge in [0.2, 0.25) is 0 Å². The normalized spacial score (nSPS) is 18.8. The van der Waals surface area contributed by atoms with E-state index in [0.717, 1.165) is 25.9 Å². The summed E-state index contributed by atoms with van der Waals surface area (Å²) in [7, 11) is 0. The first-order valence-electron chi connectivity index (χ1n) is 6.27. The van der Waals surface area contributed by atoms with E-state index in [9.17, 15) is 4.79 Å². The van der Waals surface area contributed by atoms with Crippen molar-refractivity contribution in [3.8, 4) is 12.3 Å². The minimum Gasteiger partial charge on any atom is -0.377 e. The number of aromatic nitrogens is 2. The fraction of sp³-hybridized carbons (Fsp3) is 0.538. The van der Waals surface area contributed by atoms with Crippen LogP contribution in [0.4, 0.5) is 5.69 Å².